The predicted molar refractivity (Wildman–Crippen MR) is 138 cm³/mol. The van der Waals surface area contributed by atoms with Gasteiger partial charge in [0.2, 0.25) is 11.8 Å². The van der Waals surface area contributed by atoms with Crippen molar-refractivity contribution in [1.29, 1.82) is 0 Å². The number of carbonyl (C=O) groups is 2. The summed E-state index contributed by atoms with van der Waals surface area (Å²) in [5, 5.41) is 3.95. The van der Waals surface area contributed by atoms with E-state index in [1.807, 2.05) is 62.4 Å². The standard InChI is InChI=1S/C27H35ClN2O2S/c1-3-25(27(32)29-23-14-5-4-6-15-23)30(17-21-12-8-7-11-20(21)2)26(31)19-33-18-22-13-9-10-16-24(22)28/h7-13,16,23,25H,3-6,14-15,17-19H2,1-2H3,(H,29,32)/t25-/m0/s1. The zero-order valence-corrected chi connectivity index (χ0v) is 21.3. The van der Waals surface area contributed by atoms with E-state index in [9.17, 15) is 9.59 Å². The number of hydrogen-bond donors (Lipinski definition) is 1. The first-order chi connectivity index (χ1) is 16.0. The van der Waals surface area contributed by atoms with Gasteiger partial charge in [0.15, 0.2) is 0 Å². The molecule has 2 aromatic rings. The van der Waals surface area contributed by atoms with E-state index in [0.717, 1.165) is 42.4 Å². The van der Waals surface area contributed by atoms with Crippen LogP contribution in [-0.2, 0) is 21.9 Å². The molecule has 1 saturated carbocycles. The highest BCUT2D eigenvalue weighted by Gasteiger charge is 2.30. The average Bonchev–Trinajstić information content (AvgIpc) is 2.82. The molecule has 0 aliphatic heterocycles. The van der Waals surface area contributed by atoms with Crippen molar-refractivity contribution in [1.82, 2.24) is 10.2 Å². The quantitative estimate of drug-likeness (QED) is 0.439. The van der Waals surface area contributed by atoms with Crippen molar-refractivity contribution in [2.24, 2.45) is 0 Å². The van der Waals surface area contributed by atoms with Crippen LogP contribution in [0.1, 0.15) is 62.1 Å². The molecule has 1 N–H and O–H groups in total. The van der Waals surface area contributed by atoms with E-state index in [4.69, 9.17) is 11.6 Å². The Balaban J connectivity index is 1.72. The summed E-state index contributed by atoms with van der Waals surface area (Å²) in [5.41, 5.74) is 3.22. The Kier molecular flexibility index (Phi) is 10.1. The second-order valence-corrected chi connectivity index (χ2v) is 10.2. The van der Waals surface area contributed by atoms with Crippen LogP contribution < -0.4 is 5.32 Å². The summed E-state index contributed by atoms with van der Waals surface area (Å²) in [6, 6.07) is 15.5. The van der Waals surface area contributed by atoms with E-state index >= 15 is 0 Å². The van der Waals surface area contributed by atoms with Crippen molar-refractivity contribution in [3.63, 3.8) is 0 Å². The highest BCUT2D eigenvalue weighted by Crippen LogP contribution is 2.23. The minimum absolute atomic E-state index is 0.0130. The van der Waals surface area contributed by atoms with E-state index in [0.29, 0.717) is 29.5 Å². The number of amides is 2. The van der Waals surface area contributed by atoms with Gasteiger partial charge in [-0.15, -0.1) is 11.8 Å². The van der Waals surface area contributed by atoms with Gasteiger partial charge in [-0.25, -0.2) is 0 Å². The summed E-state index contributed by atoms with van der Waals surface area (Å²) in [4.78, 5) is 28.5. The van der Waals surface area contributed by atoms with Crippen molar-refractivity contribution in [3.8, 4) is 0 Å². The summed E-state index contributed by atoms with van der Waals surface area (Å²) >= 11 is 7.81. The van der Waals surface area contributed by atoms with Gasteiger partial charge in [-0.1, -0.05) is 80.3 Å². The van der Waals surface area contributed by atoms with Crippen molar-refractivity contribution in [2.75, 3.05) is 5.75 Å². The predicted octanol–water partition coefficient (Wildman–Crippen LogP) is 6.14. The topological polar surface area (TPSA) is 49.4 Å². The number of rotatable bonds is 10. The Morgan fingerprint density at radius 3 is 2.39 bits per heavy atom. The average molecular weight is 487 g/mol. The summed E-state index contributed by atoms with van der Waals surface area (Å²) in [6.07, 6.45) is 6.21. The number of nitrogens with one attached hydrogen (secondary N) is 1. The molecule has 3 rings (SSSR count). The van der Waals surface area contributed by atoms with Crippen molar-refractivity contribution in [3.05, 3.63) is 70.2 Å². The van der Waals surface area contributed by atoms with Gasteiger partial charge in [0, 0.05) is 23.4 Å². The molecule has 1 aliphatic carbocycles. The van der Waals surface area contributed by atoms with Crippen LogP contribution in [0.5, 0.6) is 0 Å². The molecule has 1 atom stereocenters. The summed E-state index contributed by atoms with van der Waals surface area (Å²) in [6.45, 7) is 4.47. The lowest BCUT2D eigenvalue weighted by atomic mass is 9.95. The minimum atomic E-state index is -0.472. The molecule has 4 nitrogen and oxygen atoms in total. The van der Waals surface area contributed by atoms with Gasteiger partial charge in [0.1, 0.15) is 6.04 Å². The van der Waals surface area contributed by atoms with E-state index in [2.05, 4.69) is 5.32 Å². The van der Waals surface area contributed by atoms with Crippen LogP contribution in [0, 0.1) is 6.92 Å². The maximum Gasteiger partial charge on any atom is 0.243 e. The first kappa shape index (κ1) is 25.6. The highest BCUT2D eigenvalue weighted by atomic mass is 35.5. The fourth-order valence-corrected chi connectivity index (χ4v) is 5.58. The number of hydrogen-bond acceptors (Lipinski definition) is 3. The number of carbonyl (C=O) groups excluding carboxylic acids is 2. The maximum absolute atomic E-state index is 13.4. The van der Waals surface area contributed by atoms with E-state index in [1.54, 1.807) is 4.90 Å². The van der Waals surface area contributed by atoms with E-state index in [1.165, 1.54) is 18.2 Å². The molecule has 0 bridgehead atoms. The number of nitrogens with zero attached hydrogens (tertiary/aromatic N) is 1. The van der Waals surface area contributed by atoms with Crippen LogP contribution in [0.3, 0.4) is 0 Å². The molecule has 2 aromatic carbocycles. The van der Waals surface area contributed by atoms with Crippen LogP contribution in [0.4, 0.5) is 0 Å². The van der Waals surface area contributed by atoms with Gasteiger partial charge < -0.3 is 10.2 Å². The molecule has 0 unspecified atom stereocenters. The molecule has 6 heteroatoms. The third-order valence-electron chi connectivity index (χ3n) is 6.38. The van der Waals surface area contributed by atoms with Crippen LogP contribution in [0.15, 0.2) is 48.5 Å². The Bertz CT molecular complexity index is 930. The molecule has 1 aliphatic rings. The molecule has 1 fully saturated rings. The molecule has 0 radical (unpaired) electrons. The van der Waals surface area contributed by atoms with E-state index in [-0.39, 0.29) is 17.9 Å². The van der Waals surface area contributed by atoms with Crippen LogP contribution in [-0.4, -0.2) is 34.6 Å². The largest absolute Gasteiger partial charge is 0.352 e. The Labute approximate surface area is 207 Å². The van der Waals surface area contributed by atoms with Gasteiger partial charge in [0.25, 0.3) is 0 Å². The summed E-state index contributed by atoms with van der Waals surface area (Å²) < 4.78 is 0. The third-order valence-corrected chi connectivity index (χ3v) is 7.72. The number of aryl methyl sites for hydroxylation is 1. The zero-order chi connectivity index (χ0) is 23.6. The second-order valence-electron chi connectivity index (χ2n) is 8.80. The van der Waals surface area contributed by atoms with Crippen LogP contribution >= 0.6 is 23.4 Å². The van der Waals surface area contributed by atoms with Crippen molar-refractivity contribution in [2.45, 2.75) is 76.8 Å². The molecule has 0 aromatic heterocycles. The SMILES string of the molecule is CC[C@@H](C(=O)NC1CCCCC1)N(Cc1ccccc1C)C(=O)CSCc1ccccc1Cl. The lowest BCUT2D eigenvalue weighted by Gasteiger charge is -2.33. The first-order valence-electron chi connectivity index (χ1n) is 11.9. The zero-order valence-electron chi connectivity index (χ0n) is 19.7. The number of benzene rings is 2. The minimum Gasteiger partial charge on any atom is -0.352 e. The Morgan fingerprint density at radius 2 is 1.73 bits per heavy atom. The summed E-state index contributed by atoms with van der Waals surface area (Å²) in [7, 11) is 0. The highest BCUT2D eigenvalue weighted by molar-refractivity contribution is 7.99. The summed E-state index contributed by atoms with van der Waals surface area (Å²) in [5.74, 6) is 0.933. The van der Waals surface area contributed by atoms with Crippen LogP contribution in [0.2, 0.25) is 5.02 Å². The first-order valence-corrected chi connectivity index (χ1v) is 13.5. The van der Waals surface area contributed by atoms with E-state index < -0.39 is 6.04 Å². The molecule has 2 amide bonds. The molecule has 0 heterocycles. The maximum atomic E-state index is 13.4. The van der Waals surface area contributed by atoms with Gasteiger partial charge in [-0.2, -0.15) is 0 Å². The molecule has 178 valence electrons. The number of thioether (sulfide) groups is 1. The molecule has 0 spiro atoms. The lowest BCUT2D eigenvalue weighted by molar-refractivity contribution is -0.139. The Hall–Kier alpha value is -1.98. The smallest absolute Gasteiger partial charge is 0.243 e. The molecular weight excluding hydrogens is 452 g/mol. The van der Waals surface area contributed by atoms with Gasteiger partial charge in [-0.05, 0) is 48.9 Å². The lowest BCUT2D eigenvalue weighted by Crippen LogP contribution is -2.52. The fraction of sp³-hybridized carbons (Fsp3) is 0.481. The number of halogens is 1. The van der Waals surface area contributed by atoms with Gasteiger partial charge in [0.05, 0.1) is 5.75 Å². The monoisotopic (exact) mass is 486 g/mol. The van der Waals surface area contributed by atoms with Gasteiger partial charge in [-0.3, -0.25) is 9.59 Å². The normalized spacial score (nSPS) is 15.1. The third kappa shape index (κ3) is 7.51. The van der Waals surface area contributed by atoms with Crippen molar-refractivity contribution < 1.29 is 9.59 Å². The molecular formula is C27H35ClN2O2S. The fourth-order valence-electron chi connectivity index (χ4n) is 4.38. The second kappa shape index (κ2) is 13.0. The van der Waals surface area contributed by atoms with Crippen LogP contribution in [0.25, 0.3) is 0 Å². The Morgan fingerprint density at radius 1 is 1.06 bits per heavy atom. The van der Waals surface area contributed by atoms with Crippen molar-refractivity contribution >= 4 is 35.2 Å². The van der Waals surface area contributed by atoms with Gasteiger partial charge >= 0.3 is 0 Å². The molecule has 33 heavy (non-hydrogen) atoms. The molecule has 0 saturated heterocycles.